The predicted octanol–water partition coefficient (Wildman–Crippen LogP) is 24.4. The van der Waals surface area contributed by atoms with E-state index in [-0.39, 0.29) is 37.5 Å². The average molecular weight is 1130 g/mol. The first kappa shape index (κ1) is 77.9. The fourth-order valence-electron chi connectivity index (χ4n) is 10.4. The Labute approximate surface area is 503 Å². The van der Waals surface area contributed by atoms with Crippen LogP contribution in [0.3, 0.4) is 0 Å². The molecule has 0 spiro atoms. The van der Waals surface area contributed by atoms with Crippen molar-refractivity contribution in [2.75, 3.05) is 13.2 Å². The van der Waals surface area contributed by atoms with E-state index < -0.39 is 6.10 Å². The second kappa shape index (κ2) is 69.3. The number of carbonyl (C=O) groups excluding carboxylic acids is 3. The summed E-state index contributed by atoms with van der Waals surface area (Å²) in [5.74, 6) is -0.962. The minimum Gasteiger partial charge on any atom is -0.462 e. The lowest BCUT2D eigenvalue weighted by Crippen LogP contribution is -2.30. The summed E-state index contributed by atoms with van der Waals surface area (Å²) in [4.78, 5) is 38.4. The van der Waals surface area contributed by atoms with Crippen molar-refractivity contribution in [3.63, 3.8) is 0 Å². The largest absolute Gasteiger partial charge is 0.462 e. The van der Waals surface area contributed by atoms with Crippen molar-refractivity contribution in [3.05, 3.63) is 72.9 Å². The highest BCUT2D eigenvalue weighted by atomic mass is 16.6. The zero-order valence-corrected chi connectivity index (χ0v) is 54.1. The number of hydrogen-bond acceptors (Lipinski definition) is 6. The second-order valence-corrected chi connectivity index (χ2v) is 23.8. The van der Waals surface area contributed by atoms with Gasteiger partial charge in [0.1, 0.15) is 13.2 Å². The molecule has 0 rings (SSSR count). The molecule has 0 aliphatic rings. The quantitative estimate of drug-likeness (QED) is 0.0261. The van der Waals surface area contributed by atoms with Crippen LogP contribution in [0.4, 0.5) is 0 Å². The van der Waals surface area contributed by atoms with Gasteiger partial charge in [-0.05, 0) is 77.0 Å². The summed E-state index contributed by atoms with van der Waals surface area (Å²) in [6.45, 7) is 6.51. The van der Waals surface area contributed by atoms with Crippen LogP contribution in [0.25, 0.3) is 0 Å². The Morgan fingerprint density at radius 2 is 0.506 bits per heavy atom. The van der Waals surface area contributed by atoms with Crippen molar-refractivity contribution < 1.29 is 28.6 Å². The summed E-state index contributed by atoms with van der Waals surface area (Å²) in [7, 11) is 0. The Bertz CT molecular complexity index is 1490. The van der Waals surface area contributed by atoms with Crippen molar-refractivity contribution in [3.8, 4) is 0 Å². The topological polar surface area (TPSA) is 78.9 Å². The van der Waals surface area contributed by atoms with Crippen LogP contribution in [0.15, 0.2) is 72.9 Å². The van der Waals surface area contributed by atoms with E-state index in [0.717, 1.165) is 70.6 Å². The molecule has 0 aromatic rings. The molecule has 0 radical (unpaired) electrons. The van der Waals surface area contributed by atoms with Crippen LogP contribution >= 0.6 is 0 Å². The molecule has 6 nitrogen and oxygen atoms in total. The van der Waals surface area contributed by atoms with Gasteiger partial charge in [-0.15, -0.1) is 0 Å². The molecule has 6 heteroatoms. The van der Waals surface area contributed by atoms with Crippen molar-refractivity contribution in [2.45, 2.75) is 374 Å². The van der Waals surface area contributed by atoms with E-state index in [4.69, 9.17) is 14.2 Å². The van der Waals surface area contributed by atoms with Gasteiger partial charge in [-0.25, -0.2) is 0 Å². The lowest BCUT2D eigenvalue weighted by molar-refractivity contribution is -0.166. The number of carbonyl (C=O) groups is 3. The van der Waals surface area contributed by atoms with E-state index in [0.29, 0.717) is 19.3 Å². The Morgan fingerprint density at radius 3 is 0.827 bits per heavy atom. The molecule has 0 heterocycles. The molecule has 0 aliphatic heterocycles. The summed E-state index contributed by atoms with van der Waals surface area (Å²) in [5, 5.41) is 0. The van der Waals surface area contributed by atoms with E-state index in [2.05, 4.69) is 87.6 Å². The van der Waals surface area contributed by atoms with Crippen molar-refractivity contribution in [1.82, 2.24) is 0 Å². The van der Waals surface area contributed by atoms with Crippen molar-refractivity contribution >= 4 is 17.9 Å². The normalized spacial score (nSPS) is 12.5. The Hall–Kier alpha value is -3.15. The van der Waals surface area contributed by atoms with E-state index in [1.54, 1.807) is 0 Å². The first-order valence-electron chi connectivity index (χ1n) is 35.4. The zero-order valence-electron chi connectivity index (χ0n) is 54.1. The maximum Gasteiger partial charge on any atom is 0.306 e. The number of rotatable bonds is 65. The summed E-state index contributed by atoms with van der Waals surface area (Å²) in [6.07, 6.45) is 91.0. The van der Waals surface area contributed by atoms with Crippen LogP contribution in [-0.2, 0) is 28.6 Å². The van der Waals surface area contributed by atoms with E-state index in [1.807, 2.05) is 6.08 Å². The van der Waals surface area contributed by atoms with Gasteiger partial charge in [0.05, 0.1) is 0 Å². The highest BCUT2D eigenvalue weighted by Crippen LogP contribution is 2.18. The monoisotopic (exact) mass is 1130 g/mol. The van der Waals surface area contributed by atoms with Crippen LogP contribution in [0.5, 0.6) is 0 Å². The van der Waals surface area contributed by atoms with Crippen LogP contribution < -0.4 is 0 Å². The minimum absolute atomic E-state index is 0.0947. The van der Waals surface area contributed by atoms with Crippen LogP contribution in [-0.4, -0.2) is 37.2 Å². The van der Waals surface area contributed by atoms with Gasteiger partial charge in [-0.2, -0.15) is 0 Å². The molecule has 0 saturated carbocycles. The molecular formula is C75H134O6. The summed E-state index contributed by atoms with van der Waals surface area (Å²) >= 11 is 0. The third-order valence-corrected chi connectivity index (χ3v) is 15.7. The maximum atomic E-state index is 12.9. The average Bonchev–Trinajstić information content (AvgIpc) is 3.46. The lowest BCUT2D eigenvalue weighted by atomic mass is 10.0. The zero-order chi connectivity index (χ0) is 58.5. The summed E-state index contributed by atoms with van der Waals surface area (Å²) < 4.78 is 16.9. The number of unbranched alkanes of at least 4 members (excludes halogenated alkanes) is 42. The van der Waals surface area contributed by atoms with E-state index in [1.165, 1.54) is 250 Å². The Kier molecular flexibility index (Phi) is 66.6. The number of ether oxygens (including phenoxy) is 3. The maximum absolute atomic E-state index is 12.9. The third-order valence-electron chi connectivity index (χ3n) is 15.7. The lowest BCUT2D eigenvalue weighted by Gasteiger charge is -2.18. The van der Waals surface area contributed by atoms with Gasteiger partial charge in [0.15, 0.2) is 6.10 Å². The van der Waals surface area contributed by atoms with Crippen LogP contribution in [0.1, 0.15) is 367 Å². The predicted molar refractivity (Wildman–Crippen MR) is 353 cm³/mol. The Morgan fingerprint density at radius 1 is 0.259 bits per heavy atom. The molecule has 0 aromatic carbocycles. The van der Waals surface area contributed by atoms with Gasteiger partial charge in [0.25, 0.3) is 0 Å². The van der Waals surface area contributed by atoms with E-state index in [9.17, 15) is 14.4 Å². The molecule has 0 aliphatic carbocycles. The molecule has 0 N–H and O–H groups in total. The smallest absolute Gasteiger partial charge is 0.306 e. The molecule has 470 valence electrons. The molecule has 0 saturated heterocycles. The molecule has 1 unspecified atom stereocenters. The van der Waals surface area contributed by atoms with Gasteiger partial charge in [0, 0.05) is 19.3 Å². The van der Waals surface area contributed by atoms with Gasteiger partial charge in [0.2, 0.25) is 0 Å². The fourth-order valence-corrected chi connectivity index (χ4v) is 10.4. The Balaban J connectivity index is 4.26. The first-order valence-corrected chi connectivity index (χ1v) is 35.4. The second-order valence-electron chi connectivity index (χ2n) is 23.8. The number of esters is 3. The number of hydrogen-bond donors (Lipinski definition) is 0. The molecule has 0 aromatic heterocycles. The van der Waals surface area contributed by atoms with Gasteiger partial charge in [-0.1, -0.05) is 344 Å². The SMILES string of the molecule is CC/C=C\C/C=C\C/C=C\C/C=C\CCC(=O)OCC(COC(=O)CCCCCCCCCCCCCCCCCCCCCCCCCCCCC)OC(=O)CCCCCCCCCCCCC/C=C\C/C=C\CCCCCCC. The molecule has 0 amide bonds. The van der Waals surface area contributed by atoms with E-state index >= 15 is 0 Å². The van der Waals surface area contributed by atoms with Crippen LogP contribution in [0, 0.1) is 0 Å². The van der Waals surface area contributed by atoms with Gasteiger partial charge < -0.3 is 14.2 Å². The highest BCUT2D eigenvalue weighted by molar-refractivity contribution is 5.71. The molecule has 0 fully saturated rings. The molecule has 1 atom stereocenters. The summed E-state index contributed by atoms with van der Waals surface area (Å²) in [6, 6.07) is 0. The standard InChI is InChI=1S/C75H134O6/c1-4-7-10-13-16-19-22-25-27-29-31-33-35-36-37-38-40-41-43-45-47-50-53-56-59-62-65-68-74(77)80-71-72(70-79-73(76)67-64-61-58-55-52-49-24-21-18-15-12-9-6-3)81-75(78)69-66-63-60-57-54-51-48-46-44-42-39-34-32-30-28-26-23-20-17-14-11-8-5-2/h9,12,18,21,23,26,30,32,49,52,58,61,72H,4-8,10-11,13-17,19-20,22,24-25,27-29,31,33-48,50-51,53-57,59-60,62-71H2,1-3H3/b12-9-,21-18-,26-23-,32-30-,52-49-,61-58-. The fraction of sp³-hybridized carbons (Fsp3) is 0.800. The third kappa shape index (κ3) is 67.5. The number of allylic oxidation sites excluding steroid dienone is 12. The summed E-state index contributed by atoms with van der Waals surface area (Å²) in [5.41, 5.74) is 0. The van der Waals surface area contributed by atoms with Gasteiger partial charge in [-0.3, -0.25) is 14.4 Å². The van der Waals surface area contributed by atoms with Crippen molar-refractivity contribution in [2.24, 2.45) is 0 Å². The van der Waals surface area contributed by atoms with Gasteiger partial charge >= 0.3 is 17.9 Å². The molecular weight excluding hydrogens is 997 g/mol. The molecule has 81 heavy (non-hydrogen) atoms. The minimum atomic E-state index is -0.806. The van der Waals surface area contributed by atoms with Crippen molar-refractivity contribution in [1.29, 1.82) is 0 Å². The highest BCUT2D eigenvalue weighted by Gasteiger charge is 2.19. The first-order chi connectivity index (χ1) is 40.0. The molecule has 0 bridgehead atoms. The van der Waals surface area contributed by atoms with Crippen LogP contribution in [0.2, 0.25) is 0 Å².